The number of anilines is 1. The average Bonchev–Trinajstić information content (AvgIpc) is 2.28. The van der Waals surface area contributed by atoms with Crippen molar-refractivity contribution in [1.82, 2.24) is 15.0 Å². The van der Waals surface area contributed by atoms with Gasteiger partial charge in [-0.25, -0.2) is 4.57 Å². The summed E-state index contributed by atoms with van der Waals surface area (Å²) in [6, 6.07) is 3.87. The predicted octanol–water partition coefficient (Wildman–Crippen LogP) is 1.52. The van der Waals surface area contributed by atoms with Crippen LogP contribution >= 0.6 is 23.2 Å². The second kappa shape index (κ2) is 4.81. The van der Waals surface area contributed by atoms with Crippen LogP contribution < -0.4 is 9.47 Å². The van der Waals surface area contributed by atoms with Crippen molar-refractivity contribution < 1.29 is 4.57 Å². The van der Waals surface area contributed by atoms with E-state index in [-0.39, 0.29) is 10.6 Å². The zero-order valence-electron chi connectivity index (χ0n) is 9.30. The van der Waals surface area contributed by atoms with E-state index in [1.54, 1.807) is 4.57 Å². The van der Waals surface area contributed by atoms with Gasteiger partial charge in [0.05, 0.1) is 12.4 Å². The molecule has 88 valence electrons. The van der Waals surface area contributed by atoms with E-state index >= 15 is 0 Å². The van der Waals surface area contributed by atoms with Gasteiger partial charge in [-0.05, 0) is 45.3 Å². The van der Waals surface area contributed by atoms with Crippen LogP contribution in [0.25, 0.3) is 5.95 Å². The van der Waals surface area contributed by atoms with Gasteiger partial charge in [0.25, 0.3) is 0 Å². The minimum Gasteiger partial charge on any atom is -0.377 e. The molecule has 2 heterocycles. The Hall–Kier alpha value is -1.46. The van der Waals surface area contributed by atoms with Crippen molar-refractivity contribution in [2.75, 3.05) is 19.0 Å². The summed E-state index contributed by atoms with van der Waals surface area (Å²) in [7, 11) is 3.94. The molecule has 17 heavy (non-hydrogen) atoms. The smallest absolute Gasteiger partial charge is 0.377 e. The molecule has 0 fully saturated rings. The van der Waals surface area contributed by atoms with Crippen molar-refractivity contribution in [3.63, 3.8) is 0 Å². The fraction of sp³-hybridized carbons (Fsp3) is 0.200. The molecule has 0 amide bonds. The molecule has 2 rings (SSSR count). The van der Waals surface area contributed by atoms with Crippen LogP contribution in [0, 0.1) is 0 Å². The molecule has 0 aliphatic carbocycles. The van der Waals surface area contributed by atoms with Crippen LogP contribution in [0.1, 0.15) is 0 Å². The first-order valence-electron chi connectivity index (χ1n) is 4.82. The van der Waals surface area contributed by atoms with E-state index in [1.165, 1.54) is 0 Å². The summed E-state index contributed by atoms with van der Waals surface area (Å²) in [5, 5.41) is 0.147. The summed E-state index contributed by atoms with van der Waals surface area (Å²) in [4.78, 5) is 13.7. The summed E-state index contributed by atoms with van der Waals surface area (Å²) in [5.41, 5.74) is 1.08. The van der Waals surface area contributed by atoms with Crippen LogP contribution in [0.5, 0.6) is 0 Å². The molecule has 7 heteroatoms. The van der Waals surface area contributed by atoms with Crippen LogP contribution in [0.2, 0.25) is 10.6 Å². The Morgan fingerprint density at radius 2 is 1.53 bits per heavy atom. The Morgan fingerprint density at radius 1 is 1.00 bits per heavy atom. The first-order valence-corrected chi connectivity index (χ1v) is 5.58. The molecule has 0 spiro atoms. The van der Waals surface area contributed by atoms with Gasteiger partial charge in [0.2, 0.25) is 0 Å². The van der Waals surface area contributed by atoms with Gasteiger partial charge in [-0.15, -0.1) is 0 Å². The van der Waals surface area contributed by atoms with Gasteiger partial charge >= 0.3 is 16.5 Å². The SMILES string of the molecule is CN(C)c1cc[n+](-c2nc(Cl)nc(Cl)n2)cc1. The lowest BCUT2D eigenvalue weighted by Crippen LogP contribution is -2.32. The molecule has 0 saturated heterocycles. The summed E-state index contributed by atoms with van der Waals surface area (Å²) in [5.74, 6) is 0.389. The van der Waals surface area contributed by atoms with E-state index in [0.717, 1.165) is 5.69 Å². The van der Waals surface area contributed by atoms with Gasteiger partial charge in [-0.2, -0.15) is 4.98 Å². The monoisotopic (exact) mass is 270 g/mol. The summed E-state index contributed by atoms with van der Waals surface area (Å²) in [6.45, 7) is 0. The van der Waals surface area contributed by atoms with Crippen LogP contribution in [0.3, 0.4) is 0 Å². The third-order valence-electron chi connectivity index (χ3n) is 2.13. The van der Waals surface area contributed by atoms with E-state index < -0.39 is 0 Å². The quantitative estimate of drug-likeness (QED) is 0.777. The highest BCUT2D eigenvalue weighted by molar-refractivity contribution is 6.31. The van der Waals surface area contributed by atoms with Crippen LogP contribution in [-0.2, 0) is 0 Å². The molecule has 0 saturated carbocycles. The zero-order valence-corrected chi connectivity index (χ0v) is 10.8. The van der Waals surface area contributed by atoms with Crippen molar-refractivity contribution in [3.8, 4) is 5.95 Å². The highest BCUT2D eigenvalue weighted by Crippen LogP contribution is 2.09. The van der Waals surface area contributed by atoms with Crippen molar-refractivity contribution in [2.45, 2.75) is 0 Å². The van der Waals surface area contributed by atoms with Gasteiger partial charge in [-0.1, -0.05) is 0 Å². The van der Waals surface area contributed by atoms with Crippen molar-refractivity contribution in [1.29, 1.82) is 0 Å². The van der Waals surface area contributed by atoms with Crippen LogP contribution in [0.15, 0.2) is 24.5 Å². The fourth-order valence-corrected chi connectivity index (χ4v) is 1.64. The maximum atomic E-state index is 5.71. The molecule has 2 aromatic rings. The van der Waals surface area contributed by atoms with E-state index in [9.17, 15) is 0 Å². The first-order chi connectivity index (χ1) is 8.06. The molecular weight excluding hydrogens is 261 g/mol. The molecule has 5 nitrogen and oxygen atoms in total. The lowest BCUT2D eigenvalue weighted by molar-refractivity contribution is -0.603. The molecular formula is C10H10Cl2N5+. The summed E-state index contributed by atoms with van der Waals surface area (Å²) < 4.78 is 1.71. The maximum absolute atomic E-state index is 5.71. The molecule has 0 aliphatic heterocycles. The van der Waals surface area contributed by atoms with Crippen LogP contribution in [-0.4, -0.2) is 29.0 Å². The summed E-state index contributed by atoms with van der Waals surface area (Å²) >= 11 is 11.4. The molecule has 0 N–H and O–H groups in total. The van der Waals surface area contributed by atoms with Gasteiger partial charge in [0.15, 0.2) is 0 Å². The topological polar surface area (TPSA) is 45.8 Å². The number of pyridine rings is 1. The molecule has 0 atom stereocenters. The third kappa shape index (κ3) is 2.81. The molecule has 0 bridgehead atoms. The Morgan fingerprint density at radius 3 is 2.00 bits per heavy atom. The molecule has 0 radical (unpaired) electrons. The van der Waals surface area contributed by atoms with Crippen LogP contribution in [0.4, 0.5) is 5.69 Å². The first kappa shape index (κ1) is 12.0. The second-order valence-electron chi connectivity index (χ2n) is 3.53. The molecule has 0 aromatic carbocycles. The van der Waals surface area contributed by atoms with Crippen molar-refractivity contribution in [3.05, 3.63) is 35.1 Å². The maximum Gasteiger partial charge on any atom is 0.443 e. The third-order valence-corrected chi connectivity index (χ3v) is 2.47. The number of nitrogens with zero attached hydrogens (tertiary/aromatic N) is 5. The molecule has 0 aliphatic rings. The predicted molar refractivity (Wildman–Crippen MR) is 65.7 cm³/mol. The van der Waals surface area contributed by atoms with Gasteiger partial charge < -0.3 is 4.90 Å². The lowest BCUT2D eigenvalue weighted by atomic mass is 10.4. The number of halogens is 2. The Balaban J connectivity index is 2.39. The van der Waals surface area contributed by atoms with E-state index in [0.29, 0.717) is 5.95 Å². The average molecular weight is 271 g/mol. The lowest BCUT2D eigenvalue weighted by Gasteiger charge is -2.11. The minimum absolute atomic E-state index is 0.0733. The highest BCUT2D eigenvalue weighted by atomic mass is 35.5. The van der Waals surface area contributed by atoms with Crippen molar-refractivity contribution >= 4 is 28.9 Å². The normalized spacial score (nSPS) is 10.4. The number of hydrogen-bond acceptors (Lipinski definition) is 4. The Bertz CT molecular complexity index is 506. The molecule has 0 unspecified atom stereocenters. The fourth-order valence-electron chi connectivity index (χ4n) is 1.28. The zero-order chi connectivity index (χ0) is 12.4. The minimum atomic E-state index is 0.0733. The number of rotatable bonds is 2. The van der Waals surface area contributed by atoms with E-state index in [1.807, 2.05) is 43.5 Å². The number of aromatic nitrogens is 4. The van der Waals surface area contributed by atoms with Gasteiger partial charge in [0.1, 0.15) is 0 Å². The summed E-state index contributed by atoms with van der Waals surface area (Å²) in [6.07, 6.45) is 3.66. The van der Waals surface area contributed by atoms with E-state index in [2.05, 4.69) is 15.0 Å². The van der Waals surface area contributed by atoms with Gasteiger partial charge in [0, 0.05) is 19.8 Å². The number of hydrogen-bond donors (Lipinski definition) is 0. The Kier molecular flexibility index (Phi) is 3.40. The van der Waals surface area contributed by atoms with Crippen molar-refractivity contribution in [2.24, 2.45) is 0 Å². The second-order valence-corrected chi connectivity index (χ2v) is 4.21. The van der Waals surface area contributed by atoms with E-state index in [4.69, 9.17) is 23.2 Å². The van der Waals surface area contributed by atoms with Gasteiger partial charge in [-0.3, -0.25) is 0 Å². The largest absolute Gasteiger partial charge is 0.443 e. The standard InChI is InChI=1S/C10H10Cl2N5/c1-16(2)7-3-5-17(6-4-7)10-14-8(11)13-9(12)15-10/h3-6H,1-2H3/q+1. The molecule has 2 aromatic heterocycles. The highest BCUT2D eigenvalue weighted by Gasteiger charge is 2.15. The Labute approximate surface area is 109 Å².